The lowest BCUT2D eigenvalue weighted by molar-refractivity contribution is -0.153. The van der Waals surface area contributed by atoms with Crippen LogP contribution in [0, 0.1) is 17.8 Å². The number of piperazine rings is 1. The first-order valence-corrected chi connectivity index (χ1v) is 18.1. The van der Waals surface area contributed by atoms with Gasteiger partial charge < -0.3 is 24.4 Å². The van der Waals surface area contributed by atoms with E-state index in [1.807, 2.05) is 25.7 Å². The zero-order valence-corrected chi connectivity index (χ0v) is 28.3. The minimum absolute atomic E-state index is 0.164. The highest BCUT2D eigenvalue weighted by Gasteiger charge is 2.33. The van der Waals surface area contributed by atoms with E-state index in [1.54, 1.807) is 0 Å². The van der Waals surface area contributed by atoms with Crippen LogP contribution in [0.4, 0.5) is 0 Å². The van der Waals surface area contributed by atoms with E-state index in [2.05, 4.69) is 26.2 Å². The summed E-state index contributed by atoms with van der Waals surface area (Å²) < 4.78 is 17.3. The molecular weight excluding hydrogens is 572 g/mol. The van der Waals surface area contributed by atoms with E-state index in [0.717, 1.165) is 110 Å². The maximum atomic E-state index is 12.6. The van der Waals surface area contributed by atoms with Gasteiger partial charge in [0.05, 0.1) is 19.3 Å². The second-order valence-corrected chi connectivity index (χ2v) is 15.2. The molecule has 45 heavy (non-hydrogen) atoms. The third-order valence-corrected chi connectivity index (χ3v) is 10.6. The summed E-state index contributed by atoms with van der Waals surface area (Å²) in [5.41, 5.74) is -0.421. The molecule has 1 amide bonds. The Morgan fingerprint density at radius 3 is 2.24 bits per heavy atom. The summed E-state index contributed by atoms with van der Waals surface area (Å²) in [5.74, 6) is 2.15. The van der Waals surface area contributed by atoms with Crippen molar-refractivity contribution >= 4 is 11.9 Å². The SMILES string of the molecule is CC(C)(C)OC(=O)CNCC1CCC(C2CNC(NC3CCC(OCCN4CCN(C(=O)C5CCCO5)CC4)CC3)NC2)CC1. The van der Waals surface area contributed by atoms with E-state index in [9.17, 15) is 9.59 Å². The predicted molar refractivity (Wildman–Crippen MR) is 175 cm³/mol. The molecule has 5 fully saturated rings. The fraction of sp³-hybridized carbons (Fsp3) is 0.941. The second kappa shape index (κ2) is 17.2. The van der Waals surface area contributed by atoms with Gasteiger partial charge in [-0.3, -0.25) is 30.4 Å². The van der Waals surface area contributed by atoms with Gasteiger partial charge in [-0.2, -0.15) is 0 Å². The van der Waals surface area contributed by atoms with Crippen molar-refractivity contribution in [2.45, 2.75) is 115 Å². The average Bonchev–Trinajstić information content (AvgIpc) is 3.57. The van der Waals surface area contributed by atoms with Crippen molar-refractivity contribution in [3.63, 3.8) is 0 Å². The van der Waals surface area contributed by atoms with Crippen molar-refractivity contribution in [1.29, 1.82) is 0 Å². The molecule has 0 aromatic carbocycles. The van der Waals surface area contributed by atoms with Crippen LogP contribution in [0.2, 0.25) is 0 Å². The number of carbonyl (C=O) groups excluding carboxylic acids is 2. The number of nitrogens with one attached hydrogen (secondary N) is 4. The van der Waals surface area contributed by atoms with Crippen molar-refractivity contribution < 1.29 is 23.8 Å². The Kier molecular flexibility index (Phi) is 13.3. The van der Waals surface area contributed by atoms with Crippen LogP contribution in [0.15, 0.2) is 0 Å². The van der Waals surface area contributed by atoms with Gasteiger partial charge in [-0.1, -0.05) is 0 Å². The lowest BCUT2D eigenvalue weighted by Crippen LogP contribution is -2.63. The van der Waals surface area contributed by atoms with Crippen molar-refractivity contribution in [3.05, 3.63) is 0 Å². The first-order chi connectivity index (χ1) is 21.7. The third kappa shape index (κ3) is 11.4. The molecule has 2 saturated carbocycles. The lowest BCUT2D eigenvalue weighted by atomic mass is 9.75. The number of nitrogens with zero attached hydrogens (tertiary/aromatic N) is 2. The van der Waals surface area contributed by atoms with E-state index in [-0.39, 0.29) is 24.3 Å². The van der Waals surface area contributed by atoms with Crippen LogP contribution < -0.4 is 21.3 Å². The number of carbonyl (C=O) groups is 2. The van der Waals surface area contributed by atoms with Crippen LogP contribution in [0.25, 0.3) is 0 Å². The molecule has 258 valence electrons. The first-order valence-electron chi connectivity index (χ1n) is 18.1. The average molecular weight is 635 g/mol. The summed E-state index contributed by atoms with van der Waals surface area (Å²) in [6.07, 6.45) is 11.8. The number of amides is 1. The minimum atomic E-state index is -0.421. The Labute approximate surface area is 271 Å². The van der Waals surface area contributed by atoms with Gasteiger partial charge in [0.2, 0.25) is 0 Å². The molecule has 5 aliphatic rings. The van der Waals surface area contributed by atoms with Gasteiger partial charge >= 0.3 is 5.97 Å². The number of ether oxygens (including phenoxy) is 3. The zero-order chi connectivity index (χ0) is 31.6. The second-order valence-electron chi connectivity index (χ2n) is 15.2. The van der Waals surface area contributed by atoms with E-state index in [4.69, 9.17) is 14.2 Å². The maximum Gasteiger partial charge on any atom is 0.320 e. The molecule has 3 aliphatic heterocycles. The quantitative estimate of drug-likeness (QED) is 0.238. The maximum absolute atomic E-state index is 12.6. The highest BCUT2D eigenvalue weighted by atomic mass is 16.6. The highest BCUT2D eigenvalue weighted by Crippen LogP contribution is 2.33. The largest absolute Gasteiger partial charge is 0.459 e. The van der Waals surface area contributed by atoms with Crippen molar-refractivity contribution in [1.82, 2.24) is 31.1 Å². The first kappa shape index (κ1) is 35.0. The van der Waals surface area contributed by atoms with Gasteiger partial charge in [-0.25, -0.2) is 0 Å². The summed E-state index contributed by atoms with van der Waals surface area (Å²) in [7, 11) is 0. The van der Waals surface area contributed by atoms with Crippen LogP contribution in [0.1, 0.15) is 85.0 Å². The van der Waals surface area contributed by atoms with Crippen molar-refractivity contribution in [2.75, 3.05) is 72.1 Å². The van der Waals surface area contributed by atoms with E-state index in [0.29, 0.717) is 30.5 Å². The Bertz CT molecular complexity index is 895. The molecule has 0 aromatic rings. The fourth-order valence-corrected chi connectivity index (χ4v) is 7.90. The lowest BCUT2D eigenvalue weighted by Gasteiger charge is -2.41. The van der Waals surface area contributed by atoms with E-state index in [1.165, 1.54) is 25.7 Å². The van der Waals surface area contributed by atoms with Crippen LogP contribution in [0.3, 0.4) is 0 Å². The summed E-state index contributed by atoms with van der Waals surface area (Å²) >= 11 is 0. The molecule has 1 atom stereocenters. The Morgan fingerprint density at radius 2 is 1.60 bits per heavy atom. The fourth-order valence-electron chi connectivity index (χ4n) is 7.90. The van der Waals surface area contributed by atoms with Crippen LogP contribution >= 0.6 is 0 Å². The van der Waals surface area contributed by atoms with Gasteiger partial charge in [0, 0.05) is 58.5 Å². The van der Waals surface area contributed by atoms with Crippen LogP contribution in [-0.4, -0.2) is 124 Å². The monoisotopic (exact) mass is 634 g/mol. The molecular formula is C34H62N6O5. The Morgan fingerprint density at radius 1 is 0.889 bits per heavy atom. The molecule has 2 aliphatic carbocycles. The minimum Gasteiger partial charge on any atom is -0.459 e. The molecule has 3 heterocycles. The highest BCUT2D eigenvalue weighted by molar-refractivity contribution is 5.81. The molecule has 11 nitrogen and oxygen atoms in total. The smallest absolute Gasteiger partial charge is 0.320 e. The van der Waals surface area contributed by atoms with E-state index >= 15 is 0 Å². The molecule has 0 bridgehead atoms. The molecule has 0 radical (unpaired) electrons. The number of hydrogen-bond donors (Lipinski definition) is 4. The topological polar surface area (TPSA) is 116 Å². The molecule has 4 N–H and O–H groups in total. The van der Waals surface area contributed by atoms with Gasteiger partial charge in [0.1, 0.15) is 18.0 Å². The van der Waals surface area contributed by atoms with Gasteiger partial charge in [0.25, 0.3) is 5.91 Å². The van der Waals surface area contributed by atoms with Gasteiger partial charge in [-0.05, 0) is 109 Å². The molecule has 0 aromatic heterocycles. The summed E-state index contributed by atoms with van der Waals surface area (Å²) in [4.78, 5) is 28.9. The molecule has 0 spiro atoms. The summed E-state index contributed by atoms with van der Waals surface area (Å²) in [6, 6.07) is 0.532. The molecule has 1 unspecified atom stereocenters. The Balaban J connectivity index is 0.868. The zero-order valence-electron chi connectivity index (χ0n) is 28.3. The van der Waals surface area contributed by atoms with Crippen LogP contribution in [-0.2, 0) is 23.8 Å². The van der Waals surface area contributed by atoms with Crippen LogP contribution in [0.5, 0.6) is 0 Å². The molecule has 11 heteroatoms. The number of rotatable bonds is 12. The van der Waals surface area contributed by atoms with Crippen molar-refractivity contribution in [3.8, 4) is 0 Å². The van der Waals surface area contributed by atoms with Gasteiger partial charge in [0.15, 0.2) is 0 Å². The number of hydrogen-bond acceptors (Lipinski definition) is 10. The number of esters is 1. The van der Waals surface area contributed by atoms with Crippen molar-refractivity contribution in [2.24, 2.45) is 17.8 Å². The molecule has 5 rings (SSSR count). The van der Waals surface area contributed by atoms with E-state index < -0.39 is 5.60 Å². The third-order valence-electron chi connectivity index (χ3n) is 10.6. The standard InChI is InChI=1S/C34H62N6O5/c1-34(2,3)45-31(41)24-35-21-25-6-8-26(9-7-25)27-22-36-33(37-23-27)38-28-10-12-29(13-11-28)43-20-18-39-14-16-40(17-15-39)32(42)30-5-4-19-44-30/h25-30,33,35-38H,4-24H2,1-3H3. The Hall–Kier alpha value is -1.34. The summed E-state index contributed by atoms with van der Waals surface area (Å²) in [5, 5.41) is 14.6. The normalized spacial score (nSPS) is 33.7. The summed E-state index contributed by atoms with van der Waals surface area (Å²) in [6.45, 7) is 15.0. The predicted octanol–water partition coefficient (Wildman–Crippen LogP) is 2.06. The molecule has 3 saturated heterocycles. The van der Waals surface area contributed by atoms with Gasteiger partial charge in [-0.15, -0.1) is 0 Å².